The van der Waals surface area contributed by atoms with Crippen LogP contribution in [0.1, 0.15) is 37.0 Å². The quantitative estimate of drug-likeness (QED) is 0.155. The normalized spacial score (nSPS) is 12.7. The van der Waals surface area contributed by atoms with Crippen molar-refractivity contribution >= 4 is 62.3 Å². The molecule has 0 spiro atoms. The van der Waals surface area contributed by atoms with Crippen LogP contribution in [-0.2, 0) is 32.6 Å². The monoisotopic (exact) mass is 699 g/mol. The number of hydrogen-bond donors (Lipinski definition) is 1. The fourth-order valence-corrected chi connectivity index (χ4v) is 6.88. The van der Waals surface area contributed by atoms with Gasteiger partial charge in [-0.15, -0.1) is 0 Å². The molecule has 0 radical (unpaired) electrons. The molecule has 2 amide bonds. The molecule has 4 rings (SSSR count). The average molecular weight is 701 g/mol. The summed E-state index contributed by atoms with van der Waals surface area (Å²) in [5, 5.41) is 4.08. The number of amides is 2. The van der Waals surface area contributed by atoms with Crippen molar-refractivity contribution < 1.29 is 18.0 Å². The van der Waals surface area contributed by atoms with Crippen molar-refractivity contribution in [3.63, 3.8) is 0 Å². The number of anilines is 1. The Morgan fingerprint density at radius 1 is 0.848 bits per heavy atom. The van der Waals surface area contributed by atoms with E-state index in [1.807, 2.05) is 44.2 Å². The maximum absolute atomic E-state index is 14.6. The minimum absolute atomic E-state index is 0.00198. The zero-order valence-corrected chi connectivity index (χ0v) is 28.9. The molecule has 0 aromatic heterocycles. The van der Waals surface area contributed by atoms with E-state index in [1.165, 1.54) is 23.1 Å². The third-order valence-electron chi connectivity index (χ3n) is 7.68. The number of carbonyl (C=O) groups is 2. The van der Waals surface area contributed by atoms with Crippen LogP contribution in [0.15, 0.2) is 102 Å². The van der Waals surface area contributed by atoms with Crippen LogP contribution in [0.4, 0.5) is 5.69 Å². The molecule has 0 saturated carbocycles. The summed E-state index contributed by atoms with van der Waals surface area (Å²) in [5.41, 5.74) is 2.33. The van der Waals surface area contributed by atoms with Crippen LogP contribution in [0, 0.1) is 6.92 Å². The number of nitrogens with zero attached hydrogens (tertiary/aromatic N) is 2. The van der Waals surface area contributed by atoms with Crippen LogP contribution in [0.5, 0.6) is 0 Å². The van der Waals surface area contributed by atoms with Gasteiger partial charge < -0.3 is 10.2 Å². The predicted octanol–water partition coefficient (Wildman–Crippen LogP) is 7.71. The standard InChI is InChI=1S/C35H36Cl3N3O4S/c1-4-25(3)39-35(43)33(19-26-11-7-5-8-12-26)40(22-27-16-17-28(36)20-32(27)38)34(42)23-41(29-18-15-24(2)31(37)21-29)46(44,45)30-13-9-6-10-14-30/h5-18,20-21,25,33H,4,19,22-23H2,1-3H3,(H,39,43). The van der Waals surface area contributed by atoms with Gasteiger partial charge in [0.05, 0.1) is 10.6 Å². The first-order valence-corrected chi connectivity index (χ1v) is 17.4. The van der Waals surface area contributed by atoms with Crippen molar-refractivity contribution in [1.82, 2.24) is 10.2 Å². The molecule has 0 aliphatic carbocycles. The average Bonchev–Trinajstić information content (AvgIpc) is 3.04. The molecule has 2 unspecified atom stereocenters. The summed E-state index contributed by atoms with van der Waals surface area (Å²) in [5.74, 6) is -0.977. The molecule has 1 N–H and O–H groups in total. The van der Waals surface area contributed by atoms with Gasteiger partial charge in [0.1, 0.15) is 12.6 Å². The highest BCUT2D eigenvalue weighted by Crippen LogP contribution is 2.29. The van der Waals surface area contributed by atoms with Gasteiger partial charge in [-0.25, -0.2) is 8.42 Å². The lowest BCUT2D eigenvalue weighted by Gasteiger charge is -2.34. The molecule has 46 heavy (non-hydrogen) atoms. The highest BCUT2D eigenvalue weighted by atomic mass is 35.5. The molecule has 242 valence electrons. The first-order chi connectivity index (χ1) is 21.9. The van der Waals surface area contributed by atoms with Crippen LogP contribution in [-0.4, -0.2) is 43.8 Å². The first-order valence-electron chi connectivity index (χ1n) is 14.8. The van der Waals surface area contributed by atoms with Gasteiger partial charge in [-0.3, -0.25) is 13.9 Å². The van der Waals surface area contributed by atoms with E-state index < -0.39 is 28.5 Å². The van der Waals surface area contributed by atoms with E-state index in [2.05, 4.69) is 5.32 Å². The summed E-state index contributed by atoms with van der Waals surface area (Å²) < 4.78 is 29.3. The van der Waals surface area contributed by atoms with Gasteiger partial charge in [-0.1, -0.05) is 102 Å². The van der Waals surface area contributed by atoms with E-state index in [9.17, 15) is 18.0 Å². The summed E-state index contributed by atoms with van der Waals surface area (Å²) in [6.07, 6.45) is 0.861. The maximum Gasteiger partial charge on any atom is 0.264 e. The molecule has 2 atom stereocenters. The summed E-state index contributed by atoms with van der Waals surface area (Å²) in [7, 11) is -4.24. The number of hydrogen-bond acceptors (Lipinski definition) is 4. The number of rotatable bonds is 13. The zero-order valence-electron chi connectivity index (χ0n) is 25.8. The van der Waals surface area contributed by atoms with Crippen LogP contribution in [0.25, 0.3) is 0 Å². The minimum atomic E-state index is -4.24. The molecule has 0 fully saturated rings. The predicted molar refractivity (Wildman–Crippen MR) is 186 cm³/mol. The molecule has 0 saturated heterocycles. The number of sulfonamides is 1. The van der Waals surface area contributed by atoms with Gasteiger partial charge in [0.15, 0.2) is 0 Å². The van der Waals surface area contributed by atoms with Gasteiger partial charge in [0, 0.05) is 34.1 Å². The summed E-state index contributed by atoms with van der Waals surface area (Å²) in [4.78, 5) is 29.9. The van der Waals surface area contributed by atoms with Crippen LogP contribution in [0.3, 0.4) is 0 Å². The van der Waals surface area contributed by atoms with Crippen LogP contribution < -0.4 is 9.62 Å². The second kappa shape index (κ2) is 15.8. The third kappa shape index (κ3) is 8.82. The molecule has 7 nitrogen and oxygen atoms in total. The number of aryl methyl sites for hydroxylation is 1. The first kappa shape index (κ1) is 35.3. The summed E-state index contributed by atoms with van der Waals surface area (Å²) in [6, 6.07) is 25.7. The fraction of sp³-hybridized carbons (Fsp3) is 0.257. The molecule has 0 aliphatic rings. The van der Waals surface area contributed by atoms with E-state index in [0.29, 0.717) is 27.1 Å². The van der Waals surface area contributed by atoms with E-state index >= 15 is 0 Å². The lowest BCUT2D eigenvalue weighted by molar-refractivity contribution is -0.140. The Balaban J connectivity index is 1.84. The summed E-state index contributed by atoms with van der Waals surface area (Å²) >= 11 is 19.2. The largest absolute Gasteiger partial charge is 0.352 e. The number of halogens is 3. The molecule has 0 heterocycles. The van der Waals surface area contributed by atoms with Gasteiger partial charge >= 0.3 is 0 Å². The van der Waals surface area contributed by atoms with Crippen molar-refractivity contribution in [2.24, 2.45) is 0 Å². The smallest absolute Gasteiger partial charge is 0.264 e. The fourth-order valence-electron chi connectivity index (χ4n) is 4.81. The molecule has 4 aromatic rings. The minimum Gasteiger partial charge on any atom is -0.352 e. The van der Waals surface area contributed by atoms with Gasteiger partial charge in [-0.2, -0.15) is 0 Å². The van der Waals surface area contributed by atoms with Crippen molar-refractivity contribution in [3.05, 3.63) is 129 Å². The van der Waals surface area contributed by atoms with Crippen molar-refractivity contribution in [1.29, 1.82) is 0 Å². The Hall–Kier alpha value is -3.56. The number of benzene rings is 4. The zero-order chi connectivity index (χ0) is 33.4. The van der Waals surface area contributed by atoms with E-state index in [1.54, 1.807) is 55.5 Å². The molecular weight excluding hydrogens is 665 g/mol. The lowest BCUT2D eigenvalue weighted by atomic mass is 10.0. The number of carbonyl (C=O) groups excluding carboxylic acids is 2. The highest BCUT2D eigenvalue weighted by molar-refractivity contribution is 7.92. The summed E-state index contributed by atoms with van der Waals surface area (Å²) in [6.45, 7) is 4.95. The second-order valence-electron chi connectivity index (χ2n) is 11.0. The number of nitrogens with one attached hydrogen (secondary N) is 1. The Morgan fingerprint density at radius 2 is 1.50 bits per heavy atom. The Morgan fingerprint density at radius 3 is 2.11 bits per heavy atom. The Bertz CT molecular complexity index is 1770. The molecule has 4 aromatic carbocycles. The maximum atomic E-state index is 14.6. The Labute approximate surface area is 286 Å². The van der Waals surface area contributed by atoms with E-state index in [4.69, 9.17) is 34.8 Å². The van der Waals surface area contributed by atoms with Crippen molar-refractivity contribution in [3.8, 4) is 0 Å². The second-order valence-corrected chi connectivity index (χ2v) is 14.2. The van der Waals surface area contributed by atoms with Crippen LogP contribution >= 0.6 is 34.8 Å². The van der Waals surface area contributed by atoms with E-state index in [-0.39, 0.29) is 35.5 Å². The lowest BCUT2D eigenvalue weighted by Crippen LogP contribution is -2.54. The molecule has 11 heteroatoms. The molecule has 0 bridgehead atoms. The highest BCUT2D eigenvalue weighted by Gasteiger charge is 2.35. The van der Waals surface area contributed by atoms with Crippen molar-refractivity contribution in [2.75, 3.05) is 10.8 Å². The molecule has 0 aliphatic heterocycles. The van der Waals surface area contributed by atoms with Crippen LogP contribution in [0.2, 0.25) is 15.1 Å². The van der Waals surface area contributed by atoms with Gasteiger partial charge in [0.2, 0.25) is 11.8 Å². The SMILES string of the molecule is CCC(C)NC(=O)C(Cc1ccccc1)N(Cc1ccc(Cl)cc1Cl)C(=O)CN(c1ccc(C)c(Cl)c1)S(=O)(=O)c1ccccc1. The Kier molecular flexibility index (Phi) is 12.1. The molecular formula is C35H36Cl3N3O4S. The van der Waals surface area contributed by atoms with Gasteiger partial charge in [0.25, 0.3) is 10.0 Å². The van der Waals surface area contributed by atoms with Gasteiger partial charge in [-0.05, 0) is 73.4 Å². The van der Waals surface area contributed by atoms with Crippen molar-refractivity contribution in [2.45, 2.75) is 57.1 Å². The van der Waals surface area contributed by atoms with E-state index in [0.717, 1.165) is 15.4 Å². The third-order valence-corrected chi connectivity index (χ3v) is 10.5. The topological polar surface area (TPSA) is 86.8 Å².